The fourth-order valence-corrected chi connectivity index (χ4v) is 6.90. The Morgan fingerprint density at radius 1 is 1.19 bits per heavy atom. The van der Waals surface area contributed by atoms with Gasteiger partial charge in [-0.15, -0.1) is 5.10 Å². The average molecular weight is 612 g/mol. The van der Waals surface area contributed by atoms with Gasteiger partial charge in [-0.05, 0) is 50.3 Å². The molecule has 5 rings (SSSR count). The molecule has 1 N–H and O–H groups in total. The minimum absolute atomic E-state index is 0.0681. The number of hydrogen-bond donors (Lipinski definition) is 1. The maximum Gasteiger partial charge on any atom is 0.435 e. The van der Waals surface area contributed by atoms with Crippen molar-refractivity contribution >= 4 is 29.4 Å². The summed E-state index contributed by atoms with van der Waals surface area (Å²) in [5.74, 6) is -1.96. The second-order valence-electron chi connectivity index (χ2n) is 11.5. The first-order valence-electron chi connectivity index (χ1n) is 14.0. The molecule has 1 aromatic carbocycles. The molecular formula is C28H33ClF3N5O5. The summed E-state index contributed by atoms with van der Waals surface area (Å²) in [6.45, 7) is 1.94. The van der Waals surface area contributed by atoms with E-state index in [4.69, 9.17) is 16.3 Å². The fraction of sp³-hybridized carbons (Fsp3) is 0.607. The third-order valence-electron chi connectivity index (χ3n) is 8.94. The maximum absolute atomic E-state index is 14.2. The van der Waals surface area contributed by atoms with Gasteiger partial charge in [-0.25, -0.2) is 4.68 Å². The van der Waals surface area contributed by atoms with Crippen molar-refractivity contribution in [2.75, 3.05) is 19.6 Å². The molecule has 2 aromatic rings. The van der Waals surface area contributed by atoms with Gasteiger partial charge in [0.25, 0.3) is 0 Å². The van der Waals surface area contributed by atoms with Crippen molar-refractivity contribution in [3.8, 4) is 5.75 Å². The summed E-state index contributed by atoms with van der Waals surface area (Å²) < 4.78 is 47.6. The predicted octanol–water partition coefficient (Wildman–Crippen LogP) is 4.40. The Kier molecular flexibility index (Phi) is 8.16. The number of aryl methyl sites for hydroxylation is 1. The third-order valence-corrected chi connectivity index (χ3v) is 9.30. The molecule has 2 fully saturated rings. The van der Waals surface area contributed by atoms with Crippen LogP contribution in [0.4, 0.5) is 13.2 Å². The lowest BCUT2D eigenvalue weighted by Gasteiger charge is -2.45. The molecule has 0 spiro atoms. The summed E-state index contributed by atoms with van der Waals surface area (Å²) in [6.07, 6.45) is -1.11. The number of benzene rings is 1. The molecule has 2 amide bonds. The van der Waals surface area contributed by atoms with E-state index in [9.17, 15) is 32.7 Å². The van der Waals surface area contributed by atoms with Gasteiger partial charge in [-0.1, -0.05) is 29.7 Å². The number of nitrogens with zero attached hydrogens (tertiary/aromatic N) is 5. The zero-order valence-corrected chi connectivity index (χ0v) is 24.2. The van der Waals surface area contributed by atoms with Gasteiger partial charge in [-0.3, -0.25) is 14.4 Å². The van der Waals surface area contributed by atoms with E-state index >= 15 is 0 Å². The quantitative estimate of drug-likeness (QED) is 0.493. The van der Waals surface area contributed by atoms with Crippen molar-refractivity contribution in [2.45, 2.75) is 70.7 Å². The summed E-state index contributed by atoms with van der Waals surface area (Å²) in [7, 11) is 1.15. The second-order valence-corrected chi connectivity index (χ2v) is 11.9. The Bertz CT molecular complexity index is 1400. The number of aliphatic carboxylic acids is 1. The molecule has 1 aliphatic carbocycles. The number of carboxylic acid groups (broad SMARTS) is 1. The molecule has 1 saturated heterocycles. The van der Waals surface area contributed by atoms with Gasteiger partial charge < -0.3 is 19.6 Å². The number of carbonyl (C=O) groups is 3. The second kappa shape index (κ2) is 11.4. The van der Waals surface area contributed by atoms with Crippen molar-refractivity contribution < 1.29 is 37.4 Å². The van der Waals surface area contributed by atoms with Gasteiger partial charge in [0.15, 0.2) is 5.69 Å². The molecule has 3 atom stereocenters. The van der Waals surface area contributed by atoms with E-state index in [1.807, 2.05) is 0 Å². The predicted molar refractivity (Wildman–Crippen MR) is 143 cm³/mol. The molecule has 1 saturated carbocycles. The number of likely N-dealkylation sites (tertiary alicyclic amines) is 1. The van der Waals surface area contributed by atoms with Gasteiger partial charge in [0.05, 0.1) is 17.4 Å². The minimum Gasteiger partial charge on any atom is -0.487 e. The van der Waals surface area contributed by atoms with Crippen LogP contribution >= 0.6 is 11.6 Å². The number of carboxylic acids is 1. The summed E-state index contributed by atoms with van der Waals surface area (Å²) >= 11 is 6.60. The number of alkyl halides is 3. The average Bonchev–Trinajstić information content (AvgIpc) is 3.52. The molecule has 1 aromatic heterocycles. The Balaban J connectivity index is 1.54. The van der Waals surface area contributed by atoms with Crippen LogP contribution in [0.15, 0.2) is 12.1 Å². The summed E-state index contributed by atoms with van der Waals surface area (Å²) in [5.41, 5.74) is -1.49. The first kappa shape index (κ1) is 30.1. The molecule has 2 unspecified atom stereocenters. The van der Waals surface area contributed by atoms with Gasteiger partial charge >= 0.3 is 12.1 Å². The summed E-state index contributed by atoms with van der Waals surface area (Å²) in [5, 5.41) is 17.6. The lowest BCUT2D eigenvalue weighted by atomic mass is 9.66. The SMILES string of the molecule is Cn1nnc(COc2ccc(Cl)c3c2[C@@H](CN2CCCC2=O)N(C(=O)C2CCCCC2(C)C(=O)O)CC3)c1C(F)(F)F. The van der Waals surface area contributed by atoms with E-state index in [1.165, 1.54) is 0 Å². The smallest absolute Gasteiger partial charge is 0.435 e. The molecule has 14 heteroatoms. The third kappa shape index (κ3) is 5.43. The highest BCUT2D eigenvalue weighted by Crippen LogP contribution is 2.46. The highest BCUT2D eigenvalue weighted by atomic mass is 35.5. The van der Waals surface area contributed by atoms with Crippen LogP contribution in [0, 0.1) is 11.3 Å². The summed E-state index contributed by atoms with van der Waals surface area (Å²) in [6, 6.07) is 2.40. The first-order chi connectivity index (χ1) is 19.8. The van der Waals surface area contributed by atoms with Crippen LogP contribution < -0.4 is 4.74 Å². The van der Waals surface area contributed by atoms with E-state index in [2.05, 4.69) is 10.3 Å². The number of aromatic nitrogens is 3. The molecular weight excluding hydrogens is 579 g/mol. The Labute approximate surface area is 245 Å². The van der Waals surface area contributed by atoms with Crippen molar-refractivity contribution in [1.82, 2.24) is 24.8 Å². The van der Waals surface area contributed by atoms with Gasteiger partial charge in [0, 0.05) is 43.7 Å². The van der Waals surface area contributed by atoms with E-state index in [1.54, 1.807) is 28.9 Å². The monoisotopic (exact) mass is 611 g/mol. The fourth-order valence-electron chi connectivity index (χ4n) is 6.64. The van der Waals surface area contributed by atoms with Gasteiger partial charge in [0.2, 0.25) is 11.8 Å². The van der Waals surface area contributed by atoms with Crippen molar-refractivity contribution in [2.24, 2.45) is 18.4 Å². The topological polar surface area (TPSA) is 118 Å². The highest BCUT2D eigenvalue weighted by Gasteiger charge is 2.50. The Morgan fingerprint density at radius 2 is 1.95 bits per heavy atom. The molecule has 10 nitrogen and oxygen atoms in total. The lowest BCUT2D eigenvalue weighted by molar-refractivity contribution is -0.162. The number of rotatable bonds is 7. The van der Waals surface area contributed by atoms with Crippen molar-refractivity contribution in [3.05, 3.63) is 39.7 Å². The summed E-state index contributed by atoms with van der Waals surface area (Å²) in [4.78, 5) is 42.5. The van der Waals surface area contributed by atoms with E-state index in [0.717, 1.165) is 13.5 Å². The minimum atomic E-state index is -4.70. The van der Waals surface area contributed by atoms with Crippen LogP contribution in [0.5, 0.6) is 5.75 Å². The van der Waals surface area contributed by atoms with Crippen molar-refractivity contribution in [3.63, 3.8) is 0 Å². The Hall–Kier alpha value is -3.35. The number of hydrogen-bond acceptors (Lipinski definition) is 6. The molecule has 2 aliphatic heterocycles. The number of amides is 2. The largest absolute Gasteiger partial charge is 0.487 e. The lowest BCUT2D eigenvalue weighted by Crippen LogP contribution is -2.52. The van der Waals surface area contributed by atoms with Gasteiger partial charge in [-0.2, -0.15) is 13.2 Å². The highest BCUT2D eigenvalue weighted by molar-refractivity contribution is 6.31. The standard InChI is InChI=1S/C28H33ClF3N5O5/c1-27(26(40)41)11-4-3-6-17(27)25(39)37-13-10-16-18(29)8-9-21(23(16)20(37)14-36-12-5-7-22(36)38)42-15-19-24(28(30,31)32)35(2)34-33-19/h8-9,17,20H,3-7,10-15H2,1-2H3,(H,40,41)/t17?,20-,27?/m1/s1. The van der Waals surface area contributed by atoms with Crippen LogP contribution in [0.1, 0.15) is 74.0 Å². The molecule has 228 valence electrons. The van der Waals surface area contributed by atoms with Crippen LogP contribution in [-0.2, 0) is 40.6 Å². The van der Waals surface area contributed by atoms with Crippen LogP contribution in [0.25, 0.3) is 0 Å². The number of ether oxygens (including phenoxy) is 1. The number of fused-ring (bicyclic) bond motifs is 1. The van der Waals surface area contributed by atoms with Crippen molar-refractivity contribution in [1.29, 1.82) is 0 Å². The van der Waals surface area contributed by atoms with Gasteiger partial charge in [0.1, 0.15) is 18.1 Å². The van der Waals surface area contributed by atoms with E-state index < -0.39 is 47.5 Å². The van der Waals surface area contributed by atoms with Crippen LogP contribution in [-0.4, -0.2) is 67.3 Å². The number of carbonyl (C=O) groups excluding carboxylic acids is 2. The number of halogens is 4. The molecule has 3 heterocycles. The molecule has 0 bridgehead atoms. The Morgan fingerprint density at radius 3 is 2.62 bits per heavy atom. The first-order valence-corrected chi connectivity index (χ1v) is 14.4. The van der Waals surface area contributed by atoms with E-state index in [0.29, 0.717) is 65.9 Å². The maximum atomic E-state index is 14.2. The zero-order valence-electron chi connectivity index (χ0n) is 23.4. The van der Waals surface area contributed by atoms with Crippen LogP contribution in [0.2, 0.25) is 5.02 Å². The normalized spacial score (nSPS) is 24.6. The van der Waals surface area contributed by atoms with Crippen LogP contribution in [0.3, 0.4) is 0 Å². The zero-order chi connectivity index (χ0) is 30.4. The molecule has 42 heavy (non-hydrogen) atoms. The molecule has 0 radical (unpaired) electrons. The van der Waals surface area contributed by atoms with E-state index in [-0.39, 0.29) is 30.7 Å². The molecule has 3 aliphatic rings.